The number of ether oxygens (including phenoxy) is 1. The van der Waals surface area contributed by atoms with Gasteiger partial charge in [-0.1, -0.05) is 11.6 Å². The average Bonchev–Trinajstić information content (AvgIpc) is 2.39. The van der Waals surface area contributed by atoms with Crippen molar-refractivity contribution in [2.24, 2.45) is 0 Å². The minimum absolute atomic E-state index is 0.0429. The topological polar surface area (TPSA) is 89.8 Å². The molecule has 0 atom stereocenters. The van der Waals surface area contributed by atoms with E-state index in [4.69, 9.17) is 16.3 Å². The summed E-state index contributed by atoms with van der Waals surface area (Å²) < 4.78 is 30.7. The molecule has 1 aliphatic heterocycles. The van der Waals surface area contributed by atoms with Crippen LogP contribution in [-0.4, -0.2) is 37.5 Å². The Hall–Kier alpha value is -1.22. The maximum atomic E-state index is 12.3. The summed E-state index contributed by atoms with van der Waals surface area (Å²) in [6.07, 6.45) is 0.592. The Morgan fingerprint density at radius 1 is 1.42 bits per heavy atom. The molecule has 0 unspecified atom stereocenters. The van der Waals surface area contributed by atoms with Crippen LogP contribution in [-0.2, 0) is 14.8 Å². The van der Waals surface area contributed by atoms with Crippen LogP contribution in [0, 0.1) is 10.1 Å². The van der Waals surface area contributed by atoms with Gasteiger partial charge in [0.25, 0.3) is 5.69 Å². The lowest BCUT2D eigenvalue weighted by atomic mass is 10.3. The fraction of sp³-hybridized carbons (Fsp3) is 0.400. The third-order valence-corrected chi connectivity index (χ3v) is 4.82. The van der Waals surface area contributed by atoms with Crippen LogP contribution in [0.5, 0.6) is 0 Å². The van der Waals surface area contributed by atoms with E-state index in [0.29, 0.717) is 19.6 Å². The SMILES string of the molecule is O=[N+]([O-])c1cc(S(=O)(=O)N2CCCOC2)ccc1Cl. The van der Waals surface area contributed by atoms with Gasteiger partial charge >= 0.3 is 0 Å². The van der Waals surface area contributed by atoms with Gasteiger partial charge in [0.1, 0.15) is 11.8 Å². The molecule has 1 aromatic rings. The molecule has 0 spiro atoms. The largest absolute Gasteiger partial charge is 0.365 e. The third-order valence-electron chi connectivity index (χ3n) is 2.68. The number of nitro benzene ring substituents is 1. The predicted octanol–water partition coefficient (Wildman–Crippen LogP) is 1.62. The molecule has 0 aliphatic carbocycles. The summed E-state index contributed by atoms with van der Waals surface area (Å²) >= 11 is 5.65. The highest BCUT2D eigenvalue weighted by molar-refractivity contribution is 7.89. The Balaban J connectivity index is 2.40. The third kappa shape index (κ3) is 2.86. The van der Waals surface area contributed by atoms with Crippen molar-refractivity contribution in [2.75, 3.05) is 19.9 Å². The summed E-state index contributed by atoms with van der Waals surface area (Å²) in [7, 11) is -3.79. The van der Waals surface area contributed by atoms with Gasteiger partial charge in [0, 0.05) is 19.2 Å². The second kappa shape index (κ2) is 5.41. The molecule has 0 N–H and O–H groups in total. The quantitative estimate of drug-likeness (QED) is 0.625. The number of sulfonamides is 1. The van der Waals surface area contributed by atoms with Crippen molar-refractivity contribution in [3.63, 3.8) is 0 Å². The van der Waals surface area contributed by atoms with Crippen LogP contribution in [0.1, 0.15) is 6.42 Å². The minimum Gasteiger partial charge on any atom is -0.365 e. The van der Waals surface area contributed by atoms with Crippen LogP contribution in [0.3, 0.4) is 0 Å². The molecular weight excluding hydrogens is 296 g/mol. The van der Waals surface area contributed by atoms with Crippen LogP contribution in [0.25, 0.3) is 0 Å². The monoisotopic (exact) mass is 306 g/mol. The molecule has 1 heterocycles. The van der Waals surface area contributed by atoms with Gasteiger partial charge in [-0.2, -0.15) is 4.31 Å². The molecule has 1 aromatic carbocycles. The van der Waals surface area contributed by atoms with Crippen molar-refractivity contribution < 1.29 is 18.1 Å². The zero-order valence-electron chi connectivity index (χ0n) is 9.78. The summed E-state index contributed by atoms with van der Waals surface area (Å²) in [5, 5.41) is 10.7. The van der Waals surface area contributed by atoms with Crippen LogP contribution in [0.2, 0.25) is 5.02 Å². The molecule has 1 saturated heterocycles. The first kappa shape index (κ1) is 14.2. The zero-order valence-corrected chi connectivity index (χ0v) is 11.4. The lowest BCUT2D eigenvalue weighted by Crippen LogP contribution is -2.38. The molecule has 1 fully saturated rings. The summed E-state index contributed by atoms with van der Waals surface area (Å²) in [6, 6.07) is 3.42. The molecule has 0 aromatic heterocycles. The Morgan fingerprint density at radius 2 is 2.16 bits per heavy atom. The number of hydrogen-bond donors (Lipinski definition) is 0. The van der Waals surface area contributed by atoms with Crippen molar-refractivity contribution >= 4 is 27.3 Å². The van der Waals surface area contributed by atoms with Gasteiger partial charge in [-0.25, -0.2) is 8.42 Å². The van der Waals surface area contributed by atoms with E-state index in [1.54, 1.807) is 0 Å². The second-order valence-corrected chi connectivity index (χ2v) is 6.29. The van der Waals surface area contributed by atoms with E-state index in [2.05, 4.69) is 0 Å². The maximum absolute atomic E-state index is 12.3. The highest BCUT2D eigenvalue weighted by Crippen LogP contribution is 2.28. The number of nitro groups is 1. The molecule has 2 rings (SSSR count). The Morgan fingerprint density at radius 3 is 2.74 bits per heavy atom. The van der Waals surface area contributed by atoms with Crippen LogP contribution >= 0.6 is 11.6 Å². The van der Waals surface area contributed by atoms with Gasteiger partial charge in [0.15, 0.2) is 0 Å². The summed E-state index contributed by atoms with van der Waals surface area (Å²) in [4.78, 5) is 9.89. The van der Waals surface area contributed by atoms with Crippen LogP contribution in [0.4, 0.5) is 5.69 Å². The predicted molar refractivity (Wildman–Crippen MR) is 67.4 cm³/mol. The zero-order chi connectivity index (χ0) is 14.0. The lowest BCUT2D eigenvalue weighted by Gasteiger charge is -2.25. The van der Waals surface area contributed by atoms with E-state index in [1.807, 2.05) is 0 Å². The average molecular weight is 307 g/mol. The summed E-state index contributed by atoms with van der Waals surface area (Å²) in [5.74, 6) is 0. The fourth-order valence-electron chi connectivity index (χ4n) is 1.71. The highest BCUT2D eigenvalue weighted by Gasteiger charge is 2.28. The van der Waals surface area contributed by atoms with Crippen molar-refractivity contribution in [3.8, 4) is 0 Å². The Bertz CT molecular complexity index is 598. The van der Waals surface area contributed by atoms with Gasteiger partial charge in [0.05, 0.1) is 9.82 Å². The number of nitrogens with zero attached hydrogens (tertiary/aromatic N) is 2. The van der Waals surface area contributed by atoms with Gasteiger partial charge in [-0.3, -0.25) is 10.1 Å². The molecule has 9 heteroatoms. The first-order chi connectivity index (χ1) is 8.93. The molecular formula is C10H11ClN2O5S. The van der Waals surface area contributed by atoms with E-state index < -0.39 is 20.6 Å². The van der Waals surface area contributed by atoms with Crippen molar-refractivity contribution in [2.45, 2.75) is 11.3 Å². The van der Waals surface area contributed by atoms with Crippen LogP contribution in [0.15, 0.2) is 23.1 Å². The second-order valence-electron chi connectivity index (χ2n) is 3.94. The summed E-state index contributed by atoms with van der Waals surface area (Å²) in [6.45, 7) is 0.796. The molecule has 0 radical (unpaired) electrons. The summed E-state index contributed by atoms with van der Waals surface area (Å²) in [5.41, 5.74) is -0.430. The lowest BCUT2D eigenvalue weighted by molar-refractivity contribution is -0.384. The number of rotatable bonds is 3. The Kier molecular flexibility index (Phi) is 4.04. The van der Waals surface area contributed by atoms with Gasteiger partial charge in [0.2, 0.25) is 10.0 Å². The molecule has 19 heavy (non-hydrogen) atoms. The van der Waals surface area contributed by atoms with Gasteiger partial charge in [-0.15, -0.1) is 0 Å². The smallest absolute Gasteiger partial charge is 0.289 e. The van der Waals surface area contributed by atoms with E-state index in [-0.39, 0.29) is 16.6 Å². The van der Waals surface area contributed by atoms with Crippen molar-refractivity contribution in [3.05, 3.63) is 33.3 Å². The molecule has 0 bridgehead atoms. The molecule has 0 amide bonds. The molecule has 1 aliphatic rings. The normalized spacial score (nSPS) is 17.3. The first-order valence-electron chi connectivity index (χ1n) is 5.45. The van der Waals surface area contributed by atoms with E-state index in [1.165, 1.54) is 12.1 Å². The molecule has 104 valence electrons. The first-order valence-corrected chi connectivity index (χ1v) is 7.26. The van der Waals surface area contributed by atoms with Crippen molar-refractivity contribution in [1.82, 2.24) is 4.31 Å². The van der Waals surface area contributed by atoms with E-state index >= 15 is 0 Å². The van der Waals surface area contributed by atoms with Crippen LogP contribution < -0.4 is 0 Å². The number of hydrogen-bond acceptors (Lipinski definition) is 5. The van der Waals surface area contributed by atoms with Gasteiger partial charge in [-0.05, 0) is 18.6 Å². The highest BCUT2D eigenvalue weighted by atomic mass is 35.5. The minimum atomic E-state index is -3.79. The standard InChI is InChI=1S/C10H11ClN2O5S/c11-9-3-2-8(6-10(9)13(14)15)19(16,17)12-4-1-5-18-7-12/h2-3,6H,1,4-5,7H2. The number of benzene rings is 1. The van der Waals surface area contributed by atoms with Crippen molar-refractivity contribution in [1.29, 1.82) is 0 Å². The number of halogens is 1. The maximum Gasteiger partial charge on any atom is 0.289 e. The molecule has 0 saturated carbocycles. The van der Waals surface area contributed by atoms with E-state index in [9.17, 15) is 18.5 Å². The van der Waals surface area contributed by atoms with E-state index in [0.717, 1.165) is 10.4 Å². The fourth-order valence-corrected chi connectivity index (χ4v) is 3.27. The van der Waals surface area contributed by atoms with Gasteiger partial charge < -0.3 is 4.74 Å². The molecule has 7 nitrogen and oxygen atoms in total. The Labute approximate surface area is 114 Å².